The number of rotatable bonds is 5. The molecule has 29 heavy (non-hydrogen) atoms. The summed E-state index contributed by atoms with van der Waals surface area (Å²) in [6.45, 7) is 2.05. The van der Waals surface area contributed by atoms with Gasteiger partial charge in [0.05, 0.1) is 17.4 Å². The van der Waals surface area contributed by atoms with Gasteiger partial charge in [-0.05, 0) is 53.6 Å². The first-order chi connectivity index (χ1) is 14.2. The van der Waals surface area contributed by atoms with Crippen LogP contribution in [0.3, 0.4) is 0 Å². The Kier molecular flexibility index (Phi) is 5.43. The van der Waals surface area contributed by atoms with Gasteiger partial charge in [-0.1, -0.05) is 60.7 Å². The van der Waals surface area contributed by atoms with Crippen molar-refractivity contribution >= 4 is 28.4 Å². The van der Waals surface area contributed by atoms with Gasteiger partial charge in [-0.25, -0.2) is 0 Å². The van der Waals surface area contributed by atoms with Gasteiger partial charge >= 0.3 is 0 Å². The zero-order valence-electron chi connectivity index (χ0n) is 16.1. The molecule has 4 aromatic carbocycles. The highest BCUT2D eigenvalue weighted by Crippen LogP contribution is 2.28. The number of hydrogen-bond donors (Lipinski definition) is 1. The molecule has 1 unspecified atom stereocenters. The average Bonchev–Trinajstić information content (AvgIpc) is 2.77. The Labute approximate surface area is 169 Å². The van der Waals surface area contributed by atoms with Crippen LogP contribution in [0.25, 0.3) is 10.8 Å². The Bertz CT molecular complexity index is 1180. The van der Waals surface area contributed by atoms with E-state index < -0.39 is 0 Å². The second-order valence-corrected chi connectivity index (χ2v) is 6.80. The molecule has 0 spiro atoms. The Morgan fingerprint density at radius 3 is 2.34 bits per heavy atom. The van der Waals surface area contributed by atoms with E-state index in [1.807, 2.05) is 55.5 Å². The molecule has 0 aromatic heterocycles. The molecular formula is C25H21N3O. The van der Waals surface area contributed by atoms with Crippen LogP contribution in [0.15, 0.2) is 106 Å². The minimum absolute atomic E-state index is 0.0462. The molecule has 1 atom stereocenters. The van der Waals surface area contributed by atoms with Gasteiger partial charge < -0.3 is 5.11 Å². The molecule has 4 nitrogen and oxygen atoms in total. The van der Waals surface area contributed by atoms with Crippen LogP contribution in [-0.4, -0.2) is 11.3 Å². The molecule has 1 N–H and O–H groups in total. The van der Waals surface area contributed by atoms with E-state index in [1.165, 1.54) is 10.8 Å². The molecule has 0 aliphatic carbocycles. The second kappa shape index (κ2) is 8.48. The Morgan fingerprint density at radius 1 is 0.759 bits per heavy atom. The SMILES string of the molecule is CC(N=Cc1cc(N=Nc2ccccc2)ccc1O)c1cccc2ccccc12. The summed E-state index contributed by atoms with van der Waals surface area (Å²) in [5.41, 5.74) is 3.20. The van der Waals surface area contributed by atoms with Gasteiger partial charge in [-0.3, -0.25) is 4.99 Å². The third-order valence-electron chi connectivity index (χ3n) is 4.76. The van der Waals surface area contributed by atoms with Gasteiger partial charge in [0.2, 0.25) is 0 Å². The Hall–Kier alpha value is -3.79. The van der Waals surface area contributed by atoms with Crippen LogP contribution in [-0.2, 0) is 0 Å². The summed E-state index contributed by atoms with van der Waals surface area (Å²) in [4.78, 5) is 4.68. The summed E-state index contributed by atoms with van der Waals surface area (Å²) in [5, 5.41) is 21.1. The third kappa shape index (κ3) is 4.38. The lowest BCUT2D eigenvalue weighted by Crippen LogP contribution is -1.93. The van der Waals surface area contributed by atoms with Crippen LogP contribution in [0.4, 0.5) is 11.4 Å². The average molecular weight is 379 g/mol. The molecular weight excluding hydrogens is 358 g/mol. The number of fused-ring (bicyclic) bond motifs is 1. The predicted molar refractivity (Wildman–Crippen MR) is 119 cm³/mol. The monoisotopic (exact) mass is 379 g/mol. The van der Waals surface area contributed by atoms with Gasteiger partial charge in [-0.15, -0.1) is 0 Å². The van der Waals surface area contributed by atoms with Crippen molar-refractivity contribution in [3.63, 3.8) is 0 Å². The molecule has 0 heterocycles. The van der Waals surface area contributed by atoms with Crippen molar-refractivity contribution in [2.24, 2.45) is 15.2 Å². The summed E-state index contributed by atoms with van der Waals surface area (Å²) in [6, 6.07) is 29.1. The van der Waals surface area contributed by atoms with Gasteiger partial charge in [0.1, 0.15) is 5.75 Å². The van der Waals surface area contributed by atoms with Gasteiger partial charge in [0, 0.05) is 11.8 Å². The van der Waals surface area contributed by atoms with Gasteiger partial charge in [0.25, 0.3) is 0 Å². The topological polar surface area (TPSA) is 57.3 Å². The maximum atomic E-state index is 10.2. The minimum Gasteiger partial charge on any atom is -0.507 e. The largest absolute Gasteiger partial charge is 0.507 e. The van der Waals surface area contributed by atoms with Crippen molar-refractivity contribution in [1.82, 2.24) is 0 Å². The molecule has 4 rings (SSSR count). The molecule has 0 radical (unpaired) electrons. The highest BCUT2D eigenvalue weighted by atomic mass is 16.3. The Morgan fingerprint density at radius 2 is 1.48 bits per heavy atom. The lowest BCUT2D eigenvalue weighted by molar-refractivity contribution is 0.474. The molecule has 0 aliphatic rings. The van der Waals surface area contributed by atoms with E-state index >= 15 is 0 Å². The fourth-order valence-corrected chi connectivity index (χ4v) is 3.20. The van der Waals surface area contributed by atoms with Crippen molar-refractivity contribution in [2.45, 2.75) is 13.0 Å². The molecule has 4 aromatic rings. The van der Waals surface area contributed by atoms with Gasteiger partial charge in [0.15, 0.2) is 0 Å². The van der Waals surface area contributed by atoms with Crippen molar-refractivity contribution in [3.8, 4) is 5.75 Å². The number of aromatic hydroxyl groups is 1. The normalized spacial score (nSPS) is 12.7. The molecule has 0 fully saturated rings. The summed E-state index contributed by atoms with van der Waals surface area (Å²) in [7, 11) is 0. The quantitative estimate of drug-likeness (QED) is 0.291. The predicted octanol–water partition coefficient (Wildman–Crippen LogP) is 7.14. The van der Waals surface area contributed by atoms with Crippen LogP contribution in [0, 0.1) is 0 Å². The summed E-state index contributed by atoms with van der Waals surface area (Å²) in [5.74, 6) is 0.164. The summed E-state index contributed by atoms with van der Waals surface area (Å²) >= 11 is 0. The highest BCUT2D eigenvalue weighted by molar-refractivity contribution is 5.87. The first kappa shape index (κ1) is 18.6. The van der Waals surface area contributed by atoms with Crippen LogP contribution in [0.1, 0.15) is 24.1 Å². The molecule has 0 amide bonds. The molecule has 142 valence electrons. The smallest absolute Gasteiger partial charge is 0.124 e. The van der Waals surface area contributed by atoms with Gasteiger partial charge in [-0.2, -0.15) is 10.2 Å². The minimum atomic E-state index is -0.0462. The number of benzene rings is 4. The fraction of sp³-hybridized carbons (Fsp3) is 0.0800. The number of phenolic OH excluding ortho intramolecular Hbond substituents is 1. The summed E-state index contributed by atoms with van der Waals surface area (Å²) in [6.07, 6.45) is 1.70. The number of nitrogens with zero attached hydrogens (tertiary/aromatic N) is 3. The maximum absolute atomic E-state index is 10.2. The standard InChI is InChI=1S/C25H21N3O/c1-18(23-13-7-9-19-8-5-6-12-24(19)23)26-17-20-16-22(14-15-25(20)29)28-27-21-10-3-2-4-11-21/h2-18,29H,1H3. The molecule has 0 aliphatic heterocycles. The highest BCUT2D eigenvalue weighted by Gasteiger charge is 2.08. The molecule has 0 bridgehead atoms. The zero-order valence-corrected chi connectivity index (χ0v) is 16.1. The van der Waals surface area contributed by atoms with Crippen molar-refractivity contribution < 1.29 is 5.11 Å². The zero-order chi connectivity index (χ0) is 20.1. The number of hydrogen-bond acceptors (Lipinski definition) is 4. The van der Waals surface area contributed by atoms with E-state index in [0.29, 0.717) is 11.3 Å². The number of aliphatic imine (C=N–C) groups is 1. The fourth-order valence-electron chi connectivity index (χ4n) is 3.20. The lowest BCUT2D eigenvalue weighted by atomic mass is 10.00. The molecule has 4 heteroatoms. The third-order valence-corrected chi connectivity index (χ3v) is 4.76. The first-order valence-electron chi connectivity index (χ1n) is 9.51. The van der Waals surface area contributed by atoms with E-state index in [1.54, 1.807) is 24.4 Å². The van der Waals surface area contributed by atoms with E-state index in [4.69, 9.17) is 0 Å². The van der Waals surface area contributed by atoms with Crippen molar-refractivity contribution in [3.05, 3.63) is 102 Å². The van der Waals surface area contributed by atoms with Crippen molar-refractivity contribution in [2.75, 3.05) is 0 Å². The van der Waals surface area contributed by atoms with E-state index in [-0.39, 0.29) is 11.8 Å². The van der Waals surface area contributed by atoms with Crippen molar-refractivity contribution in [1.29, 1.82) is 0 Å². The van der Waals surface area contributed by atoms with E-state index in [9.17, 15) is 5.11 Å². The lowest BCUT2D eigenvalue weighted by Gasteiger charge is -2.11. The number of phenols is 1. The van der Waals surface area contributed by atoms with Crippen LogP contribution in [0.2, 0.25) is 0 Å². The molecule has 0 saturated heterocycles. The number of azo groups is 1. The van der Waals surface area contributed by atoms with Crippen LogP contribution in [0.5, 0.6) is 5.75 Å². The molecule has 0 saturated carbocycles. The summed E-state index contributed by atoms with van der Waals surface area (Å²) < 4.78 is 0. The van der Waals surface area contributed by atoms with Crippen LogP contribution >= 0.6 is 0 Å². The van der Waals surface area contributed by atoms with E-state index in [0.717, 1.165) is 11.3 Å². The van der Waals surface area contributed by atoms with E-state index in [2.05, 4.69) is 39.5 Å². The Balaban J connectivity index is 1.58. The first-order valence-corrected chi connectivity index (χ1v) is 9.51. The second-order valence-electron chi connectivity index (χ2n) is 6.80. The maximum Gasteiger partial charge on any atom is 0.124 e. The van der Waals surface area contributed by atoms with Crippen LogP contribution < -0.4 is 0 Å².